The zero-order valence-electron chi connectivity index (χ0n) is 21.2. The van der Waals surface area contributed by atoms with Gasteiger partial charge in [0.15, 0.2) is 11.2 Å². The van der Waals surface area contributed by atoms with Crippen LogP contribution in [0.3, 0.4) is 0 Å². The van der Waals surface area contributed by atoms with E-state index >= 15 is 0 Å². The van der Waals surface area contributed by atoms with E-state index in [1.54, 1.807) is 53.4 Å². The van der Waals surface area contributed by atoms with Crippen LogP contribution in [-0.4, -0.2) is 45.4 Å². The van der Waals surface area contributed by atoms with E-state index in [1.165, 1.54) is 12.1 Å². The van der Waals surface area contributed by atoms with Gasteiger partial charge in [0, 0.05) is 29.6 Å². The molecule has 2 aliphatic heterocycles. The average Bonchev–Trinajstić information content (AvgIpc) is 3.62. The summed E-state index contributed by atoms with van der Waals surface area (Å²) in [5.74, 6) is -0.731. The lowest BCUT2D eigenvalue weighted by molar-refractivity contribution is -0.116. The molecule has 9 heteroatoms. The van der Waals surface area contributed by atoms with Crippen LogP contribution in [0.4, 0.5) is 9.18 Å². The molecule has 39 heavy (non-hydrogen) atoms. The molecule has 0 unspecified atom stereocenters. The third kappa shape index (κ3) is 3.92. The molecule has 0 bridgehead atoms. The minimum Gasteiger partial charge on any atom is -0.478 e. The highest BCUT2D eigenvalue weighted by atomic mass is 35.5. The van der Waals surface area contributed by atoms with E-state index in [-0.39, 0.29) is 19.1 Å². The van der Waals surface area contributed by atoms with E-state index in [0.29, 0.717) is 51.7 Å². The van der Waals surface area contributed by atoms with Crippen molar-refractivity contribution < 1.29 is 29.2 Å². The molecule has 4 N–H and O–H groups in total. The lowest BCUT2D eigenvalue weighted by Crippen LogP contribution is -2.58. The molecule has 2 amide bonds. The Labute approximate surface area is 230 Å². The third-order valence-electron chi connectivity index (χ3n) is 8.50. The maximum absolute atomic E-state index is 14.6. The first-order valence-corrected chi connectivity index (χ1v) is 13.6. The predicted molar refractivity (Wildman–Crippen MR) is 143 cm³/mol. The highest BCUT2D eigenvalue weighted by Crippen LogP contribution is 2.67. The number of amides is 2. The fourth-order valence-corrected chi connectivity index (χ4v) is 6.97. The van der Waals surface area contributed by atoms with Gasteiger partial charge in [0.25, 0.3) is 0 Å². The Morgan fingerprint density at radius 2 is 1.82 bits per heavy atom. The lowest BCUT2D eigenvalue weighted by Gasteiger charge is -2.42. The van der Waals surface area contributed by atoms with Gasteiger partial charge in [-0.05, 0) is 71.8 Å². The van der Waals surface area contributed by atoms with Crippen molar-refractivity contribution in [1.29, 1.82) is 0 Å². The van der Waals surface area contributed by atoms with Crippen molar-refractivity contribution in [2.24, 2.45) is 0 Å². The molecule has 204 valence electrons. The summed E-state index contributed by atoms with van der Waals surface area (Å²) in [7, 11) is 0. The van der Waals surface area contributed by atoms with Crippen LogP contribution in [0.5, 0.6) is 5.75 Å². The van der Waals surface area contributed by atoms with Crippen LogP contribution in [0.1, 0.15) is 53.0 Å². The Morgan fingerprint density at radius 3 is 2.49 bits per heavy atom. The molecule has 3 aromatic rings. The number of likely N-dealkylation sites (tertiary alicyclic amines) is 1. The highest BCUT2D eigenvalue weighted by Gasteiger charge is 2.73. The molecule has 1 saturated carbocycles. The number of aliphatic hydroxyl groups is 3. The first kappa shape index (κ1) is 26.1. The Morgan fingerprint density at radius 1 is 1.08 bits per heavy atom. The number of halogens is 2. The van der Waals surface area contributed by atoms with Gasteiger partial charge in [0.2, 0.25) is 0 Å². The average molecular weight is 553 g/mol. The predicted octanol–water partition coefficient (Wildman–Crippen LogP) is 4.30. The van der Waals surface area contributed by atoms with E-state index < -0.39 is 35.6 Å². The van der Waals surface area contributed by atoms with Crippen molar-refractivity contribution in [3.8, 4) is 5.75 Å². The smallest absolute Gasteiger partial charge is 0.317 e. The quantitative estimate of drug-likeness (QED) is 0.378. The van der Waals surface area contributed by atoms with Crippen LogP contribution in [0.2, 0.25) is 5.02 Å². The van der Waals surface area contributed by atoms with Gasteiger partial charge >= 0.3 is 6.03 Å². The minimum atomic E-state index is -1.85. The van der Waals surface area contributed by atoms with Crippen molar-refractivity contribution in [3.63, 3.8) is 0 Å². The van der Waals surface area contributed by atoms with Crippen molar-refractivity contribution in [2.45, 2.75) is 55.6 Å². The summed E-state index contributed by atoms with van der Waals surface area (Å²) < 4.78 is 21.3. The van der Waals surface area contributed by atoms with Gasteiger partial charge in [-0.2, -0.15) is 0 Å². The van der Waals surface area contributed by atoms with Gasteiger partial charge in [-0.3, -0.25) is 0 Å². The van der Waals surface area contributed by atoms with Crippen LogP contribution in [-0.2, 0) is 24.4 Å². The second kappa shape index (κ2) is 9.78. The van der Waals surface area contributed by atoms with Gasteiger partial charge in [0.1, 0.15) is 11.6 Å². The fraction of sp³-hybridized carbons (Fsp3) is 0.367. The Kier molecular flexibility index (Phi) is 6.54. The van der Waals surface area contributed by atoms with E-state index in [4.69, 9.17) is 16.3 Å². The molecule has 0 radical (unpaired) electrons. The molecule has 4 atom stereocenters. The molecule has 3 aliphatic rings. The Balaban J connectivity index is 1.60. The maximum atomic E-state index is 14.6. The SMILES string of the molecule is O=C(N[C@H]1C[C@@H](c2cccc(F)c2)[C@]2(c3ccc(Cl)cc3)Oc3cc(CO)cc(CO)c3[C@]12O)N1CCCC1. The normalized spacial score (nSPS) is 27.3. The summed E-state index contributed by atoms with van der Waals surface area (Å²) in [6, 6.07) is 15.2. The van der Waals surface area contributed by atoms with E-state index in [0.717, 1.165) is 12.8 Å². The molecule has 0 spiro atoms. The molecule has 2 fully saturated rings. The number of fused-ring (bicyclic) bond motifs is 3. The van der Waals surface area contributed by atoms with Crippen molar-refractivity contribution in [1.82, 2.24) is 10.2 Å². The number of aliphatic hydroxyl groups excluding tert-OH is 2. The van der Waals surface area contributed by atoms with E-state index in [2.05, 4.69) is 5.32 Å². The summed E-state index contributed by atoms with van der Waals surface area (Å²) in [4.78, 5) is 15.1. The number of hydrogen-bond acceptors (Lipinski definition) is 5. The molecular weight excluding hydrogens is 523 g/mol. The van der Waals surface area contributed by atoms with E-state index in [1.807, 2.05) is 0 Å². The largest absolute Gasteiger partial charge is 0.478 e. The monoisotopic (exact) mass is 552 g/mol. The number of nitrogens with one attached hydrogen (secondary N) is 1. The number of nitrogens with zero attached hydrogens (tertiary/aromatic N) is 1. The van der Waals surface area contributed by atoms with Crippen LogP contribution in [0, 0.1) is 5.82 Å². The van der Waals surface area contributed by atoms with Crippen LogP contribution < -0.4 is 10.1 Å². The van der Waals surface area contributed by atoms with Crippen molar-refractivity contribution in [3.05, 3.63) is 99.3 Å². The van der Waals surface area contributed by atoms with Gasteiger partial charge in [-0.1, -0.05) is 41.9 Å². The topological polar surface area (TPSA) is 102 Å². The molecule has 0 aromatic heterocycles. The van der Waals surface area contributed by atoms with Gasteiger partial charge in [0.05, 0.1) is 19.3 Å². The Hall–Kier alpha value is -3.17. The number of carbonyl (C=O) groups excluding carboxylic acids is 1. The molecule has 7 nitrogen and oxygen atoms in total. The summed E-state index contributed by atoms with van der Waals surface area (Å²) in [6.07, 6.45) is 2.06. The second-order valence-corrected chi connectivity index (χ2v) is 11.0. The zero-order valence-corrected chi connectivity index (χ0v) is 22.0. The first-order chi connectivity index (χ1) is 18.8. The van der Waals surface area contributed by atoms with Gasteiger partial charge in [-0.15, -0.1) is 0 Å². The first-order valence-electron chi connectivity index (χ1n) is 13.2. The molecule has 3 aromatic carbocycles. The number of ether oxygens (including phenoxy) is 1. The highest BCUT2D eigenvalue weighted by molar-refractivity contribution is 6.30. The number of rotatable bonds is 5. The van der Waals surface area contributed by atoms with Crippen molar-refractivity contribution >= 4 is 17.6 Å². The summed E-state index contributed by atoms with van der Waals surface area (Å²) in [5, 5.41) is 36.9. The fourth-order valence-electron chi connectivity index (χ4n) is 6.84. The minimum absolute atomic E-state index is 0.244. The van der Waals surface area contributed by atoms with E-state index in [9.17, 15) is 24.5 Å². The van der Waals surface area contributed by atoms with Crippen LogP contribution in [0.25, 0.3) is 0 Å². The van der Waals surface area contributed by atoms with Crippen LogP contribution >= 0.6 is 11.6 Å². The maximum Gasteiger partial charge on any atom is 0.317 e. The number of benzene rings is 3. The second-order valence-electron chi connectivity index (χ2n) is 10.6. The number of urea groups is 1. The van der Waals surface area contributed by atoms with Crippen LogP contribution in [0.15, 0.2) is 60.7 Å². The summed E-state index contributed by atoms with van der Waals surface area (Å²) >= 11 is 6.24. The lowest BCUT2D eigenvalue weighted by atomic mass is 9.70. The molecule has 1 aliphatic carbocycles. The molecule has 2 heterocycles. The standard InChI is InChI=1S/C30H30ClFN2O5/c31-22-8-6-21(7-9-22)30-24(19-4-3-5-23(32)14-19)15-26(33-28(37)34-10-1-2-11-34)29(30,38)27-20(17-36)12-18(16-35)13-25(27)39-30/h3-9,12-14,24,26,35-36,38H,1-2,10-11,15-17H2,(H,33,37)/t24-,26-,29+,30-/m0/s1. The summed E-state index contributed by atoms with van der Waals surface area (Å²) in [5.41, 5.74) is -0.927. The number of carbonyl (C=O) groups is 1. The summed E-state index contributed by atoms with van der Waals surface area (Å²) in [6.45, 7) is 0.539. The van der Waals surface area contributed by atoms with Crippen molar-refractivity contribution in [2.75, 3.05) is 13.1 Å². The Bertz CT molecular complexity index is 1410. The van der Waals surface area contributed by atoms with Gasteiger partial charge in [-0.25, -0.2) is 9.18 Å². The molecular formula is C30H30ClFN2O5. The third-order valence-corrected chi connectivity index (χ3v) is 8.75. The number of hydrogen-bond donors (Lipinski definition) is 4. The zero-order chi connectivity index (χ0) is 27.4. The molecule has 6 rings (SSSR count). The molecule has 1 saturated heterocycles. The van der Waals surface area contributed by atoms with Gasteiger partial charge < -0.3 is 30.3 Å².